The normalized spacial score (nSPS) is 13.2. The number of nitrogens with one attached hydrogen (secondary N) is 1. The van der Waals surface area contributed by atoms with Crippen LogP contribution in [-0.4, -0.2) is 18.7 Å². The Bertz CT molecular complexity index is 799. The third-order valence-corrected chi connectivity index (χ3v) is 4.33. The van der Waals surface area contributed by atoms with Gasteiger partial charge in [0.15, 0.2) is 0 Å². The van der Waals surface area contributed by atoms with E-state index in [0.717, 1.165) is 22.2 Å². The van der Waals surface area contributed by atoms with Gasteiger partial charge in [0.1, 0.15) is 0 Å². The Morgan fingerprint density at radius 2 is 1.78 bits per heavy atom. The molecular weight excluding hydrogens is 376 g/mol. The molecule has 6 heteroatoms. The fourth-order valence-electron chi connectivity index (χ4n) is 2.66. The van der Waals surface area contributed by atoms with Crippen molar-refractivity contribution in [3.8, 4) is 11.1 Å². The van der Waals surface area contributed by atoms with Gasteiger partial charge in [0.2, 0.25) is 5.96 Å². The molecule has 0 amide bonds. The predicted molar refractivity (Wildman–Crippen MR) is 103 cm³/mol. The molecule has 0 unspecified atom stereocenters. The van der Waals surface area contributed by atoms with Crippen LogP contribution in [0.25, 0.3) is 11.1 Å². The van der Waals surface area contributed by atoms with Crippen LogP contribution < -0.4 is 11.2 Å². The van der Waals surface area contributed by atoms with Crippen LogP contribution in [0.5, 0.6) is 0 Å². The van der Waals surface area contributed by atoms with Gasteiger partial charge < -0.3 is 5.73 Å². The van der Waals surface area contributed by atoms with Crippen LogP contribution in [0.3, 0.4) is 0 Å². The average Bonchev–Trinajstić information content (AvgIpc) is 2.88. The number of nitrogens with zero attached hydrogens (tertiary/aromatic N) is 2. The van der Waals surface area contributed by atoms with E-state index in [1.807, 2.05) is 6.92 Å². The second-order valence-electron chi connectivity index (χ2n) is 5.27. The molecule has 0 heterocycles. The van der Waals surface area contributed by atoms with E-state index in [9.17, 15) is 0 Å². The second-order valence-corrected chi connectivity index (χ2v) is 6.18. The zero-order valence-corrected chi connectivity index (χ0v) is 15.3. The van der Waals surface area contributed by atoms with Crippen molar-refractivity contribution in [1.82, 2.24) is 5.43 Å². The summed E-state index contributed by atoms with van der Waals surface area (Å²) in [5.41, 5.74) is 15.6. The standard InChI is InChI=1S/C17H17BrN4.ClH/c1-10(21-22-17(19)20-2)11-3-5-15-12(7-11)8-13-9-14(18)4-6-16(13)15;/h3-7,9H,8H2,1-2H3,(H3,19,20,22);1H. The number of hydrogen-bond acceptors (Lipinski definition) is 2. The van der Waals surface area contributed by atoms with Crippen molar-refractivity contribution in [3.05, 3.63) is 57.6 Å². The van der Waals surface area contributed by atoms with E-state index in [1.54, 1.807) is 7.05 Å². The number of aliphatic imine (C=N–C) groups is 1. The van der Waals surface area contributed by atoms with Gasteiger partial charge in [0.05, 0.1) is 5.71 Å². The van der Waals surface area contributed by atoms with Crippen molar-refractivity contribution in [3.63, 3.8) is 0 Å². The van der Waals surface area contributed by atoms with Gasteiger partial charge in [-0.25, -0.2) is 5.43 Å². The zero-order chi connectivity index (χ0) is 15.7. The van der Waals surface area contributed by atoms with Crippen LogP contribution >= 0.6 is 28.3 Å². The predicted octanol–water partition coefficient (Wildman–Crippen LogP) is 3.70. The lowest BCUT2D eigenvalue weighted by atomic mass is 10.0. The average molecular weight is 394 g/mol. The first kappa shape index (κ1) is 17.5. The third kappa shape index (κ3) is 3.57. The summed E-state index contributed by atoms with van der Waals surface area (Å²) in [5.74, 6) is 0.303. The number of fused-ring (bicyclic) bond motifs is 3. The zero-order valence-electron chi connectivity index (χ0n) is 12.9. The minimum Gasteiger partial charge on any atom is -0.369 e. The molecule has 0 atom stereocenters. The maximum atomic E-state index is 5.59. The topological polar surface area (TPSA) is 62.8 Å². The summed E-state index contributed by atoms with van der Waals surface area (Å²) in [6.45, 7) is 1.95. The van der Waals surface area contributed by atoms with E-state index in [-0.39, 0.29) is 12.4 Å². The molecule has 0 bridgehead atoms. The van der Waals surface area contributed by atoms with E-state index in [2.05, 4.69) is 67.8 Å². The smallest absolute Gasteiger partial charge is 0.209 e. The molecule has 3 N–H and O–H groups in total. The van der Waals surface area contributed by atoms with Crippen LogP contribution in [0.2, 0.25) is 0 Å². The van der Waals surface area contributed by atoms with Crippen molar-refractivity contribution in [2.75, 3.05) is 7.05 Å². The number of benzene rings is 2. The lowest BCUT2D eigenvalue weighted by Crippen LogP contribution is -2.27. The highest BCUT2D eigenvalue weighted by Crippen LogP contribution is 2.38. The summed E-state index contributed by atoms with van der Waals surface area (Å²) in [6, 6.07) is 12.9. The molecule has 2 aromatic rings. The Kier molecular flexibility index (Phi) is 5.44. The molecule has 120 valence electrons. The Labute approximate surface area is 150 Å². The first-order valence-electron chi connectivity index (χ1n) is 7.03. The Hall–Kier alpha value is -1.85. The molecule has 23 heavy (non-hydrogen) atoms. The van der Waals surface area contributed by atoms with Gasteiger partial charge in [-0.2, -0.15) is 5.10 Å². The number of rotatable bonds is 2. The van der Waals surface area contributed by atoms with E-state index >= 15 is 0 Å². The minimum absolute atomic E-state index is 0. The number of hydrogen-bond donors (Lipinski definition) is 2. The highest BCUT2D eigenvalue weighted by molar-refractivity contribution is 9.10. The monoisotopic (exact) mass is 392 g/mol. The van der Waals surface area contributed by atoms with Crippen LogP contribution in [0.1, 0.15) is 23.6 Å². The van der Waals surface area contributed by atoms with Crippen LogP contribution in [0.15, 0.2) is 51.0 Å². The van der Waals surface area contributed by atoms with E-state index in [4.69, 9.17) is 5.73 Å². The van der Waals surface area contributed by atoms with Crippen LogP contribution in [-0.2, 0) is 6.42 Å². The molecule has 0 aliphatic heterocycles. The highest BCUT2D eigenvalue weighted by atomic mass is 79.9. The van der Waals surface area contributed by atoms with E-state index in [0.29, 0.717) is 5.96 Å². The van der Waals surface area contributed by atoms with Crippen molar-refractivity contribution in [2.24, 2.45) is 15.8 Å². The molecule has 1 aliphatic rings. The van der Waals surface area contributed by atoms with Gasteiger partial charge in [0.25, 0.3) is 0 Å². The van der Waals surface area contributed by atoms with Crippen molar-refractivity contribution < 1.29 is 0 Å². The molecule has 4 nitrogen and oxygen atoms in total. The lowest BCUT2D eigenvalue weighted by molar-refractivity contribution is 0.997. The Balaban J connectivity index is 0.00000192. The summed E-state index contributed by atoms with van der Waals surface area (Å²) >= 11 is 3.54. The maximum Gasteiger partial charge on any atom is 0.209 e. The van der Waals surface area contributed by atoms with Gasteiger partial charge in [-0.05, 0) is 59.4 Å². The molecule has 2 aromatic carbocycles. The number of nitrogens with two attached hydrogens (primary N) is 1. The van der Waals surface area contributed by atoms with Crippen molar-refractivity contribution in [1.29, 1.82) is 0 Å². The van der Waals surface area contributed by atoms with Gasteiger partial charge in [-0.1, -0.05) is 34.1 Å². The van der Waals surface area contributed by atoms with E-state index in [1.165, 1.54) is 22.3 Å². The fraction of sp³-hybridized carbons (Fsp3) is 0.176. The van der Waals surface area contributed by atoms with Gasteiger partial charge >= 0.3 is 0 Å². The van der Waals surface area contributed by atoms with Gasteiger partial charge in [0, 0.05) is 11.5 Å². The molecule has 0 saturated heterocycles. The number of hydrazone groups is 1. The molecule has 1 aliphatic carbocycles. The number of guanidine groups is 1. The molecule has 0 fully saturated rings. The lowest BCUT2D eigenvalue weighted by Gasteiger charge is -2.06. The summed E-state index contributed by atoms with van der Waals surface area (Å²) < 4.78 is 1.12. The van der Waals surface area contributed by atoms with Gasteiger partial charge in [-0.15, -0.1) is 12.4 Å². The maximum absolute atomic E-state index is 5.59. The molecule has 0 aromatic heterocycles. The molecule has 0 radical (unpaired) electrons. The Morgan fingerprint density at radius 3 is 2.48 bits per heavy atom. The van der Waals surface area contributed by atoms with Crippen molar-refractivity contribution >= 4 is 40.0 Å². The summed E-state index contributed by atoms with van der Waals surface area (Å²) in [6.07, 6.45) is 0.956. The second kappa shape index (κ2) is 7.15. The first-order valence-corrected chi connectivity index (χ1v) is 7.82. The first-order chi connectivity index (χ1) is 10.6. The Morgan fingerprint density at radius 1 is 1.13 bits per heavy atom. The number of halogens is 2. The minimum atomic E-state index is 0. The molecule has 3 rings (SSSR count). The molecule has 0 saturated carbocycles. The summed E-state index contributed by atoms with van der Waals surface area (Å²) in [7, 11) is 1.62. The molecule has 0 spiro atoms. The summed E-state index contributed by atoms with van der Waals surface area (Å²) in [4.78, 5) is 3.82. The highest BCUT2D eigenvalue weighted by Gasteiger charge is 2.19. The van der Waals surface area contributed by atoms with Crippen LogP contribution in [0.4, 0.5) is 0 Å². The third-order valence-electron chi connectivity index (χ3n) is 3.84. The quantitative estimate of drug-likeness (QED) is 0.396. The molecular formula is C17H18BrClN4. The fourth-order valence-corrected chi connectivity index (χ4v) is 3.07. The van der Waals surface area contributed by atoms with Gasteiger partial charge in [-0.3, -0.25) is 4.99 Å². The SMILES string of the molecule is CN=C(N)NN=C(C)c1ccc2c(c1)Cc1cc(Br)ccc1-2.Cl. The largest absolute Gasteiger partial charge is 0.369 e. The summed E-state index contributed by atoms with van der Waals surface area (Å²) in [5, 5.41) is 4.26. The van der Waals surface area contributed by atoms with Crippen LogP contribution in [0, 0.1) is 0 Å². The van der Waals surface area contributed by atoms with Crippen molar-refractivity contribution in [2.45, 2.75) is 13.3 Å². The van der Waals surface area contributed by atoms with E-state index < -0.39 is 0 Å².